The average Bonchev–Trinajstić information content (AvgIpc) is 1.64. The van der Waals surface area contributed by atoms with Crippen molar-refractivity contribution in [1.29, 1.82) is 0 Å². The van der Waals surface area contributed by atoms with Crippen molar-refractivity contribution in [3.63, 3.8) is 0 Å². The minimum Gasteiger partial charge on any atom is -0.322 e. The van der Waals surface area contributed by atoms with Gasteiger partial charge in [-0.3, -0.25) is 4.57 Å². The summed E-state index contributed by atoms with van der Waals surface area (Å²) in [5.41, 5.74) is 0. The van der Waals surface area contributed by atoms with Crippen LogP contribution in [0.15, 0.2) is 0 Å². The molecule has 0 aliphatic rings. The molecule has 2 N–H and O–H groups in total. The Morgan fingerprint density at radius 1 is 1.44 bits per heavy atom. The summed E-state index contributed by atoms with van der Waals surface area (Å²) in [5, 5.41) is 0. The van der Waals surface area contributed by atoms with Crippen LogP contribution in [0, 0.1) is 0 Å². The van der Waals surface area contributed by atoms with E-state index in [1.165, 1.54) is 0 Å². The van der Waals surface area contributed by atoms with Crippen LogP contribution in [-0.2, 0) is 4.57 Å². The van der Waals surface area contributed by atoms with E-state index in [9.17, 15) is 4.57 Å². The third-order valence-electron chi connectivity index (χ3n) is 0.587. The van der Waals surface area contributed by atoms with E-state index in [-0.39, 0.29) is 0 Å². The van der Waals surface area contributed by atoms with Gasteiger partial charge in [-0.1, -0.05) is 23.2 Å². The summed E-state index contributed by atoms with van der Waals surface area (Å²) in [4.78, 5) is 16.6. The number of rotatable bonds is 2. The van der Waals surface area contributed by atoms with Crippen molar-refractivity contribution in [2.24, 2.45) is 0 Å². The van der Waals surface area contributed by atoms with Crippen LogP contribution in [0.1, 0.15) is 0 Å². The first-order valence-electron chi connectivity index (χ1n) is 1.80. The first-order chi connectivity index (χ1) is 3.81. The molecule has 0 aromatic carbocycles. The first-order valence-corrected chi connectivity index (χ1v) is 4.71. The monoisotopic (exact) mass is 212 g/mol. The molecule has 0 spiro atoms. The first kappa shape index (κ1) is 10.0. The largest absolute Gasteiger partial charge is 0.362 e. The minimum atomic E-state index is -4.47. The van der Waals surface area contributed by atoms with E-state index in [2.05, 4.69) is 0 Å². The number of halogens is 3. The van der Waals surface area contributed by atoms with E-state index in [0.29, 0.717) is 0 Å². The molecule has 0 aromatic rings. The maximum Gasteiger partial charge on any atom is 0.362 e. The van der Waals surface area contributed by atoms with Gasteiger partial charge in [0.2, 0.25) is 4.07 Å². The zero-order chi connectivity index (χ0) is 7.71. The second-order valence-corrected chi connectivity index (χ2v) is 5.47. The molecule has 0 rings (SSSR count). The molecule has 0 atom stereocenters. The summed E-state index contributed by atoms with van der Waals surface area (Å²) >= 11 is 15.2. The molecule has 0 bridgehead atoms. The molecule has 9 heavy (non-hydrogen) atoms. The summed E-state index contributed by atoms with van der Waals surface area (Å²) in [6, 6.07) is 0. The zero-order valence-corrected chi connectivity index (χ0v) is 7.25. The molecular formula is C2H4Cl3O3P. The van der Waals surface area contributed by atoms with Gasteiger partial charge in [-0.2, -0.15) is 0 Å². The normalized spacial score (nSPS) is 13.9. The molecule has 3 nitrogen and oxygen atoms in total. The second kappa shape index (κ2) is 2.95. The van der Waals surface area contributed by atoms with Crippen molar-refractivity contribution in [2.45, 2.75) is 4.07 Å². The Kier molecular flexibility index (Phi) is 3.29. The van der Waals surface area contributed by atoms with E-state index in [1.807, 2.05) is 0 Å². The van der Waals surface area contributed by atoms with Crippen LogP contribution in [0.4, 0.5) is 0 Å². The highest BCUT2D eigenvalue weighted by molar-refractivity contribution is 7.58. The Morgan fingerprint density at radius 2 is 1.78 bits per heavy atom. The van der Waals surface area contributed by atoms with Gasteiger partial charge in [-0.05, 0) is 0 Å². The molecular weight excluding hydrogens is 209 g/mol. The third kappa shape index (κ3) is 2.62. The highest BCUT2D eigenvalue weighted by Gasteiger charge is 2.42. The lowest BCUT2D eigenvalue weighted by molar-refractivity contribution is 0.367. The second-order valence-electron chi connectivity index (χ2n) is 1.34. The van der Waals surface area contributed by atoms with E-state index in [0.717, 1.165) is 0 Å². The highest BCUT2D eigenvalue weighted by Crippen LogP contribution is 2.56. The molecule has 0 fully saturated rings. The van der Waals surface area contributed by atoms with E-state index in [1.54, 1.807) is 0 Å². The molecule has 0 saturated heterocycles. The Morgan fingerprint density at radius 3 is 1.78 bits per heavy atom. The topological polar surface area (TPSA) is 57.5 Å². The molecule has 0 heterocycles. The molecule has 0 aromatic heterocycles. The van der Waals surface area contributed by atoms with Crippen LogP contribution in [0.5, 0.6) is 0 Å². The Hall–Kier alpha value is 1.02. The van der Waals surface area contributed by atoms with Gasteiger partial charge in [0, 0.05) is 0 Å². The number of hydrogen-bond donors (Lipinski definition) is 2. The van der Waals surface area contributed by atoms with E-state index in [4.69, 9.17) is 44.6 Å². The van der Waals surface area contributed by atoms with Crippen LogP contribution >= 0.6 is 42.4 Å². The van der Waals surface area contributed by atoms with Gasteiger partial charge in [0.25, 0.3) is 0 Å². The minimum absolute atomic E-state index is 0.500. The predicted molar refractivity (Wildman–Crippen MR) is 37.2 cm³/mol. The molecule has 0 radical (unpaired) electrons. The molecule has 0 amide bonds. The van der Waals surface area contributed by atoms with Gasteiger partial charge in [-0.15, -0.1) is 11.6 Å². The zero-order valence-electron chi connectivity index (χ0n) is 4.09. The summed E-state index contributed by atoms with van der Waals surface area (Å²) in [5.74, 6) is -0.500. The van der Waals surface area contributed by atoms with Crippen molar-refractivity contribution in [3.8, 4) is 0 Å². The molecule has 0 aliphatic carbocycles. The van der Waals surface area contributed by atoms with E-state index < -0.39 is 17.6 Å². The fourth-order valence-electron chi connectivity index (χ4n) is 0.0778. The van der Waals surface area contributed by atoms with Crippen LogP contribution in [0.3, 0.4) is 0 Å². The number of hydrogen-bond acceptors (Lipinski definition) is 1. The molecule has 0 unspecified atom stereocenters. The average molecular weight is 213 g/mol. The summed E-state index contributed by atoms with van der Waals surface area (Å²) in [7, 11) is -4.47. The molecule has 56 valence electrons. The van der Waals surface area contributed by atoms with Gasteiger partial charge in [-0.25, -0.2) is 0 Å². The van der Waals surface area contributed by atoms with Crippen molar-refractivity contribution < 1.29 is 14.4 Å². The maximum atomic E-state index is 10.2. The Bertz CT molecular complexity index is 140. The van der Waals surface area contributed by atoms with Gasteiger partial charge in [0.05, 0.1) is 5.88 Å². The van der Waals surface area contributed by atoms with E-state index >= 15 is 0 Å². The Balaban J connectivity index is 4.34. The lowest BCUT2D eigenvalue weighted by Gasteiger charge is -2.16. The number of alkyl halides is 3. The lowest BCUT2D eigenvalue weighted by atomic mass is 10.9. The van der Waals surface area contributed by atoms with Crippen LogP contribution in [0.2, 0.25) is 0 Å². The highest BCUT2D eigenvalue weighted by atomic mass is 35.5. The molecule has 7 heteroatoms. The van der Waals surface area contributed by atoms with Crippen molar-refractivity contribution >= 4 is 42.4 Å². The molecule has 0 saturated carbocycles. The Labute approximate surface area is 67.1 Å². The standard InChI is InChI=1S/C2H4Cl3O3P/c3-1-2(4,5)9(6,7)8/h1H2,(H2,6,7,8). The van der Waals surface area contributed by atoms with Gasteiger partial charge in [0.15, 0.2) is 0 Å². The van der Waals surface area contributed by atoms with Crippen LogP contribution in [-0.4, -0.2) is 19.7 Å². The summed E-state index contributed by atoms with van der Waals surface area (Å²) < 4.78 is 8.09. The van der Waals surface area contributed by atoms with Crippen LogP contribution in [0.25, 0.3) is 0 Å². The van der Waals surface area contributed by atoms with Gasteiger partial charge in [0.1, 0.15) is 0 Å². The van der Waals surface area contributed by atoms with Crippen molar-refractivity contribution in [3.05, 3.63) is 0 Å². The van der Waals surface area contributed by atoms with Gasteiger partial charge >= 0.3 is 7.60 Å². The fraction of sp³-hybridized carbons (Fsp3) is 1.00. The maximum absolute atomic E-state index is 10.2. The fourth-order valence-corrected chi connectivity index (χ4v) is 0.701. The van der Waals surface area contributed by atoms with Crippen LogP contribution < -0.4 is 0 Å². The van der Waals surface area contributed by atoms with Crippen molar-refractivity contribution in [2.75, 3.05) is 5.88 Å². The summed E-state index contributed by atoms with van der Waals surface area (Å²) in [6.07, 6.45) is 0. The summed E-state index contributed by atoms with van der Waals surface area (Å²) in [6.45, 7) is 0. The van der Waals surface area contributed by atoms with Crippen molar-refractivity contribution in [1.82, 2.24) is 0 Å². The smallest absolute Gasteiger partial charge is 0.322 e. The third-order valence-corrected chi connectivity index (χ3v) is 4.05. The lowest BCUT2D eigenvalue weighted by Crippen LogP contribution is -2.14. The van der Waals surface area contributed by atoms with Gasteiger partial charge < -0.3 is 9.79 Å². The quantitative estimate of drug-likeness (QED) is 0.540. The predicted octanol–water partition coefficient (Wildman–Crippen LogP) is 1.53. The molecule has 0 aliphatic heterocycles. The SMILES string of the molecule is O=P(O)(O)C(Cl)(Cl)CCl.